The molecule has 1 unspecified atom stereocenters. The summed E-state index contributed by atoms with van der Waals surface area (Å²) in [5.41, 5.74) is 1.18. The van der Waals surface area contributed by atoms with Crippen molar-refractivity contribution in [3.63, 3.8) is 0 Å². The van der Waals surface area contributed by atoms with Crippen LogP contribution in [0.3, 0.4) is 0 Å². The third kappa shape index (κ3) is 1.72. The summed E-state index contributed by atoms with van der Waals surface area (Å²) in [4.78, 5) is 4.31. The molecular weight excluding hydrogens is 170 g/mol. The Kier molecular flexibility index (Phi) is 2.21. The molecule has 0 saturated carbocycles. The standard InChI is InChI=1S/C9H11NOS/c1-2-11-7-3-4-8(10-5-7)9-6-12-9/h3-5,9H,2,6H2,1H3. The lowest BCUT2D eigenvalue weighted by Crippen LogP contribution is -1.93. The highest BCUT2D eigenvalue weighted by Crippen LogP contribution is 2.45. The number of rotatable bonds is 3. The molecule has 0 aliphatic carbocycles. The summed E-state index contributed by atoms with van der Waals surface area (Å²) in [5.74, 6) is 2.09. The predicted octanol–water partition coefficient (Wildman–Crippen LogP) is 2.27. The zero-order valence-electron chi connectivity index (χ0n) is 6.99. The van der Waals surface area contributed by atoms with Gasteiger partial charge in [-0.15, -0.1) is 11.8 Å². The third-order valence-corrected chi connectivity index (χ3v) is 2.64. The maximum atomic E-state index is 5.29. The average Bonchev–Trinajstić information content (AvgIpc) is 2.89. The molecule has 1 aromatic rings. The Hall–Kier alpha value is -0.700. The number of hydrogen-bond acceptors (Lipinski definition) is 3. The fourth-order valence-electron chi connectivity index (χ4n) is 1.05. The van der Waals surface area contributed by atoms with E-state index in [9.17, 15) is 0 Å². The van der Waals surface area contributed by atoms with Crippen molar-refractivity contribution in [2.75, 3.05) is 12.4 Å². The molecule has 1 fully saturated rings. The van der Waals surface area contributed by atoms with Crippen LogP contribution in [-0.2, 0) is 0 Å². The first kappa shape index (κ1) is 7.92. The summed E-state index contributed by atoms with van der Waals surface area (Å²) in [6, 6.07) is 4.04. The van der Waals surface area contributed by atoms with Crippen LogP contribution in [0, 0.1) is 0 Å². The van der Waals surface area contributed by atoms with Gasteiger partial charge in [0.1, 0.15) is 5.75 Å². The number of nitrogens with zero attached hydrogens (tertiary/aromatic N) is 1. The molecule has 0 aromatic carbocycles. The molecule has 1 aromatic heterocycles. The van der Waals surface area contributed by atoms with E-state index in [1.165, 1.54) is 11.4 Å². The molecule has 0 radical (unpaired) electrons. The summed E-state index contributed by atoms with van der Waals surface area (Å²) in [7, 11) is 0. The Labute approximate surface area is 76.3 Å². The van der Waals surface area contributed by atoms with Gasteiger partial charge >= 0.3 is 0 Å². The number of aromatic nitrogens is 1. The van der Waals surface area contributed by atoms with Crippen molar-refractivity contribution >= 4 is 11.8 Å². The van der Waals surface area contributed by atoms with E-state index in [-0.39, 0.29) is 0 Å². The number of hydrogen-bond donors (Lipinski definition) is 0. The van der Waals surface area contributed by atoms with E-state index in [0.29, 0.717) is 11.9 Å². The Morgan fingerprint density at radius 2 is 2.50 bits per heavy atom. The van der Waals surface area contributed by atoms with Gasteiger partial charge in [0, 0.05) is 5.75 Å². The fraction of sp³-hybridized carbons (Fsp3) is 0.444. The van der Waals surface area contributed by atoms with Crippen molar-refractivity contribution in [2.45, 2.75) is 12.2 Å². The summed E-state index contributed by atoms with van der Waals surface area (Å²) in [5, 5.41) is 0.653. The quantitative estimate of drug-likeness (QED) is 0.668. The molecule has 1 atom stereocenters. The van der Waals surface area contributed by atoms with Crippen LogP contribution < -0.4 is 4.74 Å². The Bertz CT molecular complexity index is 256. The monoisotopic (exact) mass is 181 g/mol. The molecule has 0 amide bonds. The summed E-state index contributed by atoms with van der Waals surface area (Å²) < 4.78 is 5.29. The minimum atomic E-state index is 0.653. The van der Waals surface area contributed by atoms with E-state index in [1.54, 1.807) is 6.20 Å². The van der Waals surface area contributed by atoms with Gasteiger partial charge in [-0.3, -0.25) is 4.98 Å². The van der Waals surface area contributed by atoms with E-state index in [1.807, 2.05) is 24.8 Å². The van der Waals surface area contributed by atoms with Crippen LogP contribution in [0.1, 0.15) is 17.9 Å². The van der Waals surface area contributed by atoms with E-state index in [4.69, 9.17) is 4.74 Å². The lowest BCUT2D eigenvalue weighted by Gasteiger charge is -2.01. The van der Waals surface area contributed by atoms with Crippen LogP contribution in [-0.4, -0.2) is 17.3 Å². The maximum absolute atomic E-state index is 5.29. The molecule has 1 aliphatic rings. The summed E-state index contributed by atoms with van der Waals surface area (Å²) >= 11 is 1.94. The van der Waals surface area contributed by atoms with Crippen molar-refractivity contribution < 1.29 is 4.74 Å². The molecule has 64 valence electrons. The van der Waals surface area contributed by atoms with Gasteiger partial charge in [-0.2, -0.15) is 0 Å². The lowest BCUT2D eigenvalue weighted by molar-refractivity contribution is 0.338. The molecule has 0 spiro atoms. The van der Waals surface area contributed by atoms with Gasteiger partial charge in [-0.05, 0) is 19.1 Å². The van der Waals surface area contributed by atoms with Crippen LogP contribution in [0.2, 0.25) is 0 Å². The first-order valence-electron chi connectivity index (χ1n) is 4.10. The Morgan fingerprint density at radius 1 is 1.67 bits per heavy atom. The second-order valence-electron chi connectivity index (χ2n) is 2.67. The summed E-state index contributed by atoms with van der Waals surface area (Å²) in [6.07, 6.45) is 1.80. The molecule has 3 heteroatoms. The molecule has 0 bridgehead atoms. The van der Waals surface area contributed by atoms with Crippen LogP contribution in [0.5, 0.6) is 5.75 Å². The van der Waals surface area contributed by atoms with Crippen molar-refractivity contribution in [3.05, 3.63) is 24.0 Å². The molecule has 0 N–H and O–H groups in total. The number of thioether (sulfide) groups is 1. The third-order valence-electron chi connectivity index (χ3n) is 1.73. The van der Waals surface area contributed by atoms with Crippen LogP contribution in [0.4, 0.5) is 0 Å². The SMILES string of the molecule is CCOc1ccc(C2CS2)nc1. The Morgan fingerprint density at radius 3 is 3.00 bits per heavy atom. The molecule has 2 rings (SSSR count). The van der Waals surface area contributed by atoms with Gasteiger partial charge in [-0.1, -0.05) is 0 Å². The van der Waals surface area contributed by atoms with Crippen molar-refractivity contribution in [1.29, 1.82) is 0 Å². The van der Waals surface area contributed by atoms with Crippen LogP contribution in [0.25, 0.3) is 0 Å². The highest BCUT2D eigenvalue weighted by Gasteiger charge is 2.25. The molecule has 1 aliphatic heterocycles. The molecule has 2 heterocycles. The first-order chi connectivity index (χ1) is 5.90. The van der Waals surface area contributed by atoms with Crippen molar-refractivity contribution in [3.8, 4) is 5.75 Å². The minimum absolute atomic E-state index is 0.653. The van der Waals surface area contributed by atoms with E-state index in [0.717, 1.165) is 5.75 Å². The Balaban J connectivity index is 2.08. The predicted molar refractivity (Wildman–Crippen MR) is 50.6 cm³/mol. The highest BCUT2D eigenvalue weighted by molar-refractivity contribution is 8.06. The van der Waals surface area contributed by atoms with Gasteiger partial charge < -0.3 is 4.74 Å². The van der Waals surface area contributed by atoms with Crippen LogP contribution in [0.15, 0.2) is 18.3 Å². The zero-order valence-corrected chi connectivity index (χ0v) is 7.80. The van der Waals surface area contributed by atoms with E-state index < -0.39 is 0 Å². The second-order valence-corrected chi connectivity index (χ2v) is 3.91. The minimum Gasteiger partial charge on any atom is -0.492 e. The fourth-order valence-corrected chi connectivity index (χ4v) is 1.63. The molecule has 2 nitrogen and oxygen atoms in total. The van der Waals surface area contributed by atoms with E-state index >= 15 is 0 Å². The first-order valence-corrected chi connectivity index (χ1v) is 5.15. The average molecular weight is 181 g/mol. The highest BCUT2D eigenvalue weighted by atomic mass is 32.2. The zero-order chi connectivity index (χ0) is 8.39. The van der Waals surface area contributed by atoms with Gasteiger partial charge in [0.25, 0.3) is 0 Å². The maximum Gasteiger partial charge on any atom is 0.137 e. The molecular formula is C9H11NOS. The second kappa shape index (κ2) is 3.35. The summed E-state index contributed by atoms with van der Waals surface area (Å²) in [6.45, 7) is 2.68. The van der Waals surface area contributed by atoms with Crippen LogP contribution >= 0.6 is 11.8 Å². The van der Waals surface area contributed by atoms with Gasteiger partial charge in [-0.25, -0.2) is 0 Å². The van der Waals surface area contributed by atoms with Gasteiger partial charge in [0.2, 0.25) is 0 Å². The largest absolute Gasteiger partial charge is 0.492 e. The van der Waals surface area contributed by atoms with E-state index in [2.05, 4.69) is 11.1 Å². The molecule has 12 heavy (non-hydrogen) atoms. The van der Waals surface area contributed by atoms with Crippen molar-refractivity contribution in [2.24, 2.45) is 0 Å². The van der Waals surface area contributed by atoms with Gasteiger partial charge in [0.15, 0.2) is 0 Å². The number of pyridine rings is 1. The lowest BCUT2D eigenvalue weighted by atomic mass is 10.3. The van der Waals surface area contributed by atoms with Gasteiger partial charge in [0.05, 0.1) is 23.7 Å². The normalized spacial score (nSPS) is 20.6. The van der Waals surface area contributed by atoms with Crippen molar-refractivity contribution in [1.82, 2.24) is 4.98 Å². The smallest absolute Gasteiger partial charge is 0.137 e. The molecule has 1 saturated heterocycles. The number of ether oxygens (including phenoxy) is 1. The topological polar surface area (TPSA) is 22.1 Å².